The molecule has 0 radical (unpaired) electrons. The molecular weight excluding hydrogens is 322 g/mol. The number of carbonyl (C=O) groups excluding carboxylic acids is 1. The molecule has 0 aliphatic carbocycles. The van der Waals surface area contributed by atoms with Crippen LogP contribution in [0.15, 0.2) is 30.3 Å². The average molecular weight is 354 g/mol. The standard InChI is InChI=1S/C22H31N3O/c1-16(2)25-18(4)14-21(19(25)5)22(26)24-12-10-23(11-13-24)15-20-9-7-6-8-17(20)3/h6-9,14,16H,10-13,15H2,1-5H3. The van der Waals surface area contributed by atoms with Crippen molar-refractivity contribution < 1.29 is 4.79 Å². The van der Waals surface area contributed by atoms with E-state index >= 15 is 0 Å². The molecule has 1 aliphatic heterocycles. The highest BCUT2D eigenvalue weighted by Crippen LogP contribution is 2.22. The summed E-state index contributed by atoms with van der Waals surface area (Å²) in [5, 5.41) is 0. The molecule has 0 bridgehead atoms. The van der Waals surface area contributed by atoms with Gasteiger partial charge in [0.2, 0.25) is 0 Å². The quantitative estimate of drug-likeness (QED) is 0.832. The van der Waals surface area contributed by atoms with E-state index in [2.05, 4.69) is 74.4 Å². The van der Waals surface area contributed by atoms with E-state index in [4.69, 9.17) is 0 Å². The van der Waals surface area contributed by atoms with Crippen LogP contribution in [0, 0.1) is 20.8 Å². The van der Waals surface area contributed by atoms with Crippen molar-refractivity contribution in [2.45, 2.75) is 47.2 Å². The number of amides is 1. The summed E-state index contributed by atoms with van der Waals surface area (Å²) >= 11 is 0. The van der Waals surface area contributed by atoms with Crippen LogP contribution in [0.4, 0.5) is 0 Å². The van der Waals surface area contributed by atoms with Gasteiger partial charge in [0.15, 0.2) is 0 Å². The zero-order chi connectivity index (χ0) is 18.8. The number of aryl methyl sites for hydroxylation is 2. The van der Waals surface area contributed by atoms with E-state index in [0.717, 1.165) is 44.0 Å². The summed E-state index contributed by atoms with van der Waals surface area (Å²) in [5.41, 5.74) is 5.84. The molecule has 1 saturated heterocycles. The Morgan fingerprint density at radius 1 is 1.04 bits per heavy atom. The first-order valence-electron chi connectivity index (χ1n) is 9.63. The van der Waals surface area contributed by atoms with Crippen molar-refractivity contribution in [3.63, 3.8) is 0 Å². The predicted octanol–water partition coefficient (Wildman–Crippen LogP) is 3.95. The minimum absolute atomic E-state index is 0.181. The number of benzene rings is 1. The smallest absolute Gasteiger partial charge is 0.255 e. The fourth-order valence-corrected chi connectivity index (χ4v) is 4.10. The van der Waals surface area contributed by atoms with Crippen LogP contribution in [0.25, 0.3) is 0 Å². The van der Waals surface area contributed by atoms with Gasteiger partial charge in [-0.25, -0.2) is 0 Å². The normalized spacial score (nSPS) is 15.7. The average Bonchev–Trinajstić information content (AvgIpc) is 2.91. The number of nitrogens with zero attached hydrogens (tertiary/aromatic N) is 3. The minimum atomic E-state index is 0.181. The first kappa shape index (κ1) is 18.7. The number of piperazine rings is 1. The number of rotatable bonds is 4. The highest BCUT2D eigenvalue weighted by atomic mass is 16.2. The molecule has 3 rings (SSSR count). The van der Waals surface area contributed by atoms with Crippen LogP contribution in [-0.4, -0.2) is 46.5 Å². The summed E-state index contributed by atoms with van der Waals surface area (Å²) in [6.45, 7) is 15.1. The Morgan fingerprint density at radius 2 is 1.69 bits per heavy atom. The Hall–Kier alpha value is -2.07. The van der Waals surface area contributed by atoms with Crippen LogP contribution in [0.5, 0.6) is 0 Å². The van der Waals surface area contributed by atoms with E-state index in [1.807, 2.05) is 4.90 Å². The van der Waals surface area contributed by atoms with E-state index in [-0.39, 0.29) is 5.91 Å². The number of carbonyl (C=O) groups is 1. The molecule has 1 aromatic carbocycles. The highest BCUT2D eigenvalue weighted by Gasteiger charge is 2.25. The molecule has 0 N–H and O–H groups in total. The SMILES string of the molecule is Cc1ccccc1CN1CCN(C(=O)c2cc(C)n(C(C)C)c2C)CC1. The molecule has 0 saturated carbocycles. The molecule has 140 valence electrons. The minimum Gasteiger partial charge on any atom is -0.346 e. The zero-order valence-electron chi connectivity index (χ0n) is 16.7. The van der Waals surface area contributed by atoms with Gasteiger partial charge in [-0.15, -0.1) is 0 Å². The molecule has 2 heterocycles. The van der Waals surface area contributed by atoms with Gasteiger partial charge in [0.25, 0.3) is 5.91 Å². The van der Waals surface area contributed by atoms with Gasteiger partial charge in [0.05, 0.1) is 5.56 Å². The lowest BCUT2D eigenvalue weighted by molar-refractivity contribution is 0.0627. The Balaban J connectivity index is 1.64. The first-order chi connectivity index (χ1) is 12.4. The Kier molecular flexibility index (Phi) is 5.52. The maximum absolute atomic E-state index is 13.0. The number of aromatic nitrogens is 1. The first-order valence-corrected chi connectivity index (χ1v) is 9.63. The van der Waals surface area contributed by atoms with Crippen LogP contribution in [-0.2, 0) is 6.54 Å². The van der Waals surface area contributed by atoms with Gasteiger partial charge < -0.3 is 9.47 Å². The lowest BCUT2D eigenvalue weighted by atomic mass is 10.1. The second kappa shape index (κ2) is 7.67. The summed E-state index contributed by atoms with van der Waals surface area (Å²) in [5.74, 6) is 0.181. The van der Waals surface area contributed by atoms with Gasteiger partial charge in [-0.1, -0.05) is 24.3 Å². The largest absolute Gasteiger partial charge is 0.346 e. The van der Waals surface area contributed by atoms with Gasteiger partial charge in [-0.3, -0.25) is 9.69 Å². The van der Waals surface area contributed by atoms with Crippen molar-refractivity contribution in [2.24, 2.45) is 0 Å². The summed E-state index contributed by atoms with van der Waals surface area (Å²) < 4.78 is 2.25. The molecule has 1 amide bonds. The van der Waals surface area contributed by atoms with E-state index < -0.39 is 0 Å². The van der Waals surface area contributed by atoms with Crippen molar-refractivity contribution in [3.05, 3.63) is 58.4 Å². The maximum Gasteiger partial charge on any atom is 0.255 e. The third-order valence-corrected chi connectivity index (χ3v) is 5.55. The van der Waals surface area contributed by atoms with Crippen molar-refractivity contribution in [3.8, 4) is 0 Å². The molecule has 0 spiro atoms. The number of hydrogen-bond donors (Lipinski definition) is 0. The second-order valence-corrected chi connectivity index (χ2v) is 7.74. The molecule has 4 nitrogen and oxygen atoms in total. The van der Waals surface area contributed by atoms with Crippen molar-refractivity contribution >= 4 is 5.91 Å². The summed E-state index contributed by atoms with van der Waals surface area (Å²) in [4.78, 5) is 17.5. The molecule has 0 unspecified atom stereocenters. The molecule has 1 aliphatic rings. The second-order valence-electron chi connectivity index (χ2n) is 7.74. The molecular formula is C22H31N3O. The van der Waals surface area contributed by atoms with Gasteiger partial charge in [-0.05, 0) is 51.8 Å². The van der Waals surface area contributed by atoms with Crippen molar-refractivity contribution in [2.75, 3.05) is 26.2 Å². The van der Waals surface area contributed by atoms with E-state index in [0.29, 0.717) is 6.04 Å². The van der Waals surface area contributed by atoms with E-state index in [9.17, 15) is 4.79 Å². The summed E-state index contributed by atoms with van der Waals surface area (Å²) in [6, 6.07) is 11.0. The Labute approximate surface area is 157 Å². The molecule has 0 atom stereocenters. The van der Waals surface area contributed by atoms with Crippen molar-refractivity contribution in [1.29, 1.82) is 0 Å². The van der Waals surface area contributed by atoms with E-state index in [1.54, 1.807) is 0 Å². The Bertz CT molecular complexity index is 783. The van der Waals surface area contributed by atoms with Crippen LogP contribution >= 0.6 is 0 Å². The van der Waals surface area contributed by atoms with Crippen LogP contribution in [0.2, 0.25) is 0 Å². The Morgan fingerprint density at radius 3 is 2.27 bits per heavy atom. The summed E-state index contributed by atoms with van der Waals surface area (Å²) in [7, 11) is 0. The van der Waals surface area contributed by atoms with Gasteiger partial charge >= 0.3 is 0 Å². The maximum atomic E-state index is 13.0. The third kappa shape index (κ3) is 3.70. The van der Waals surface area contributed by atoms with Crippen LogP contribution in [0.3, 0.4) is 0 Å². The summed E-state index contributed by atoms with van der Waals surface area (Å²) in [6.07, 6.45) is 0. The fraction of sp³-hybridized carbons (Fsp3) is 0.500. The van der Waals surface area contributed by atoms with Gasteiger partial charge in [0.1, 0.15) is 0 Å². The third-order valence-electron chi connectivity index (χ3n) is 5.55. The molecule has 1 fully saturated rings. The predicted molar refractivity (Wildman–Crippen MR) is 107 cm³/mol. The topological polar surface area (TPSA) is 28.5 Å². The molecule has 1 aromatic heterocycles. The van der Waals surface area contributed by atoms with Crippen LogP contribution < -0.4 is 0 Å². The fourth-order valence-electron chi connectivity index (χ4n) is 4.10. The highest BCUT2D eigenvalue weighted by molar-refractivity contribution is 5.95. The molecule has 2 aromatic rings. The lowest BCUT2D eigenvalue weighted by Crippen LogP contribution is -2.48. The monoisotopic (exact) mass is 353 g/mol. The van der Waals surface area contributed by atoms with Crippen molar-refractivity contribution in [1.82, 2.24) is 14.4 Å². The van der Waals surface area contributed by atoms with E-state index in [1.165, 1.54) is 16.8 Å². The molecule has 26 heavy (non-hydrogen) atoms. The lowest BCUT2D eigenvalue weighted by Gasteiger charge is -2.35. The number of hydrogen-bond acceptors (Lipinski definition) is 2. The van der Waals surface area contributed by atoms with Gasteiger partial charge in [0, 0.05) is 50.2 Å². The van der Waals surface area contributed by atoms with Crippen LogP contribution in [0.1, 0.15) is 52.8 Å². The molecule has 4 heteroatoms. The zero-order valence-corrected chi connectivity index (χ0v) is 16.7. The van der Waals surface area contributed by atoms with Gasteiger partial charge in [-0.2, -0.15) is 0 Å².